The molecule has 0 aliphatic heterocycles. The summed E-state index contributed by atoms with van der Waals surface area (Å²) in [4.78, 5) is 36.9. The van der Waals surface area contributed by atoms with Gasteiger partial charge in [-0.3, -0.25) is 14.4 Å². The first kappa shape index (κ1) is 22.6. The second-order valence-corrected chi connectivity index (χ2v) is 7.19. The summed E-state index contributed by atoms with van der Waals surface area (Å²) in [5, 5.41) is 11.4. The predicted octanol–water partition coefficient (Wildman–Crippen LogP) is 4.05. The lowest BCUT2D eigenvalue weighted by atomic mass is 10.1. The number of aryl methyl sites for hydroxylation is 1. The summed E-state index contributed by atoms with van der Waals surface area (Å²) < 4.78 is 0. The first-order valence-electron chi connectivity index (χ1n) is 10.4. The largest absolute Gasteiger partial charge is 0.376 e. The number of nitrogens with one attached hydrogen (secondary N) is 4. The molecule has 4 N–H and O–H groups in total. The maximum atomic E-state index is 12.5. The van der Waals surface area contributed by atoms with Crippen molar-refractivity contribution in [3.8, 4) is 0 Å². The summed E-state index contributed by atoms with van der Waals surface area (Å²) in [5.74, 6) is -0.689. The normalized spacial score (nSPS) is 10.2. The fraction of sp³-hybridized carbons (Fsp3) is 0.160. The van der Waals surface area contributed by atoms with E-state index < -0.39 is 0 Å². The maximum Gasteiger partial charge on any atom is 0.255 e. The second-order valence-electron chi connectivity index (χ2n) is 7.19. The molecule has 0 unspecified atom stereocenters. The third kappa shape index (κ3) is 6.18. The standard InChI is InChI=1S/C25H26N4O3/c1-3-26-24(31)18-8-7-11-21(14-18)28-23(30)16-27-22-15-19(13-12-17(22)2)25(32)29-20-9-5-4-6-10-20/h4-15,27H,3,16H2,1-2H3,(H,26,31)(H,28,30)(H,29,32). The van der Waals surface area contributed by atoms with Gasteiger partial charge in [-0.05, 0) is 61.9 Å². The number of benzene rings is 3. The summed E-state index contributed by atoms with van der Waals surface area (Å²) in [5.41, 5.74) is 3.81. The van der Waals surface area contributed by atoms with Crippen molar-refractivity contribution in [1.29, 1.82) is 0 Å². The van der Waals surface area contributed by atoms with Crippen LogP contribution in [0.25, 0.3) is 0 Å². The lowest BCUT2D eigenvalue weighted by molar-refractivity contribution is -0.114. The molecule has 0 heterocycles. The average Bonchev–Trinajstić information content (AvgIpc) is 2.79. The molecule has 0 saturated carbocycles. The monoisotopic (exact) mass is 430 g/mol. The molecule has 3 aromatic carbocycles. The van der Waals surface area contributed by atoms with Gasteiger partial charge in [-0.2, -0.15) is 0 Å². The van der Waals surface area contributed by atoms with Crippen molar-refractivity contribution in [3.63, 3.8) is 0 Å². The Balaban J connectivity index is 1.61. The van der Waals surface area contributed by atoms with E-state index in [2.05, 4.69) is 21.3 Å². The van der Waals surface area contributed by atoms with Gasteiger partial charge in [0.2, 0.25) is 5.91 Å². The van der Waals surface area contributed by atoms with Crippen LogP contribution < -0.4 is 21.3 Å². The van der Waals surface area contributed by atoms with Gasteiger partial charge in [0, 0.05) is 34.7 Å². The highest BCUT2D eigenvalue weighted by molar-refractivity contribution is 6.05. The minimum atomic E-state index is -0.267. The van der Waals surface area contributed by atoms with Gasteiger partial charge in [0.1, 0.15) is 0 Å². The molecule has 7 nitrogen and oxygen atoms in total. The molecule has 0 aliphatic carbocycles. The molecular formula is C25H26N4O3. The Labute approximate surface area is 187 Å². The number of para-hydroxylation sites is 1. The van der Waals surface area contributed by atoms with Crippen molar-refractivity contribution in [2.45, 2.75) is 13.8 Å². The number of rotatable bonds is 8. The lowest BCUT2D eigenvalue weighted by Gasteiger charge is -2.12. The van der Waals surface area contributed by atoms with Crippen LogP contribution in [0.15, 0.2) is 72.8 Å². The van der Waals surface area contributed by atoms with Gasteiger partial charge in [0.05, 0.1) is 6.54 Å². The van der Waals surface area contributed by atoms with Crippen LogP contribution in [0.2, 0.25) is 0 Å². The molecule has 164 valence electrons. The van der Waals surface area contributed by atoms with Crippen LogP contribution in [-0.2, 0) is 4.79 Å². The smallest absolute Gasteiger partial charge is 0.255 e. The third-order valence-electron chi connectivity index (χ3n) is 4.72. The van der Waals surface area contributed by atoms with E-state index in [1.165, 1.54) is 0 Å². The van der Waals surface area contributed by atoms with Crippen molar-refractivity contribution in [2.24, 2.45) is 0 Å². The molecule has 0 radical (unpaired) electrons. The topological polar surface area (TPSA) is 99.3 Å². The van der Waals surface area contributed by atoms with Gasteiger partial charge in [0.25, 0.3) is 11.8 Å². The molecule has 32 heavy (non-hydrogen) atoms. The van der Waals surface area contributed by atoms with E-state index in [9.17, 15) is 14.4 Å². The van der Waals surface area contributed by atoms with Crippen LogP contribution >= 0.6 is 0 Å². The number of hydrogen-bond donors (Lipinski definition) is 4. The molecule has 7 heteroatoms. The highest BCUT2D eigenvalue weighted by atomic mass is 16.2. The van der Waals surface area contributed by atoms with E-state index in [0.717, 1.165) is 5.56 Å². The van der Waals surface area contributed by atoms with Crippen LogP contribution in [0.1, 0.15) is 33.2 Å². The Kier molecular flexibility index (Phi) is 7.59. The quantitative estimate of drug-likeness (QED) is 0.433. The molecule has 0 atom stereocenters. The van der Waals surface area contributed by atoms with Crippen LogP contribution in [0.5, 0.6) is 0 Å². The molecular weight excluding hydrogens is 404 g/mol. The number of carbonyl (C=O) groups is 3. The first-order chi connectivity index (χ1) is 15.5. The summed E-state index contributed by atoms with van der Waals surface area (Å²) in [6, 6.07) is 21.3. The van der Waals surface area contributed by atoms with E-state index in [0.29, 0.717) is 34.7 Å². The minimum Gasteiger partial charge on any atom is -0.376 e. The summed E-state index contributed by atoms with van der Waals surface area (Å²) in [6.45, 7) is 4.28. The van der Waals surface area contributed by atoms with Crippen molar-refractivity contribution < 1.29 is 14.4 Å². The van der Waals surface area contributed by atoms with E-state index in [1.807, 2.05) is 50.2 Å². The van der Waals surface area contributed by atoms with Crippen molar-refractivity contribution in [1.82, 2.24) is 5.32 Å². The van der Waals surface area contributed by atoms with Crippen LogP contribution in [0.4, 0.5) is 17.1 Å². The van der Waals surface area contributed by atoms with Crippen molar-refractivity contribution >= 4 is 34.8 Å². The molecule has 0 fully saturated rings. The highest BCUT2D eigenvalue weighted by Gasteiger charge is 2.11. The first-order valence-corrected chi connectivity index (χ1v) is 10.4. The Morgan fingerprint density at radius 2 is 1.47 bits per heavy atom. The Bertz CT molecular complexity index is 1110. The third-order valence-corrected chi connectivity index (χ3v) is 4.72. The lowest BCUT2D eigenvalue weighted by Crippen LogP contribution is -2.24. The molecule has 0 bridgehead atoms. The van der Waals surface area contributed by atoms with Crippen LogP contribution in [0, 0.1) is 6.92 Å². The van der Waals surface area contributed by atoms with E-state index in [-0.39, 0.29) is 24.3 Å². The predicted molar refractivity (Wildman–Crippen MR) is 127 cm³/mol. The highest BCUT2D eigenvalue weighted by Crippen LogP contribution is 2.18. The van der Waals surface area contributed by atoms with E-state index in [4.69, 9.17) is 0 Å². The maximum absolute atomic E-state index is 12.5. The van der Waals surface area contributed by atoms with Gasteiger partial charge in [-0.15, -0.1) is 0 Å². The fourth-order valence-corrected chi connectivity index (χ4v) is 3.06. The zero-order valence-corrected chi connectivity index (χ0v) is 18.1. The van der Waals surface area contributed by atoms with Crippen molar-refractivity contribution in [3.05, 3.63) is 89.5 Å². The molecule has 3 rings (SSSR count). The second kappa shape index (κ2) is 10.8. The SMILES string of the molecule is CCNC(=O)c1cccc(NC(=O)CNc2cc(C(=O)Nc3ccccc3)ccc2C)c1. The molecule has 0 saturated heterocycles. The molecule has 3 aromatic rings. The van der Waals surface area contributed by atoms with E-state index in [1.54, 1.807) is 36.4 Å². The molecule has 0 spiro atoms. The zero-order chi connectivity index (χ0) is 22.9. The summed E-state index contributed by atoms with van der Waals surface area (Å²) in [7, 11) is 0. The summed E-state index contributed by atoms with van der Waals surface area (Å²) >= 11 is 0. The van der Waals surface area contributed by atoms with E-state index >= 15 is 0 Å². The Morgan fingerprint density at radius 1 is 0.750 bits per heavy atom. The Morgan fingerprint density at radius 3 is 2.22 bits per heavy atom. The fourth-order valence-electron chi connectivity index (χ4n) is 3.06. The molecule has 0 aromatic heterocycles. The zero-order valence-electron chi connectivity index (χ0n) is 18.1. The number of amides is 3. The van der Waals surface area contributed by atoms with Crippen LogP contribution in [0.3, 0.4) is 0 Å². The number of hydrogen-bond acceptors (Lipinski definition) is 4. The van der Waals surface area contributed by atoms with Gasteiger partial charge in [0.15, 0.2) is 0 Å². The number of carbonyl (C=O) groups excluding carboxylic acids is 3. The van der Waals surface area contributed by atoms with Gasteiger partial charge in [-0.25, -0.2) is 0 Å². The molecule has 3 amide bonds. The van der Waals surface area contributed by atoms with Gasteiger partial charge in [-0.1, -0.05) is 30.3 Å². The van der Waals surface area contributed by atoms with Crippen LogP contribution in [-0.4, -0.2) is 30.8 Å². The Hall–Kier alpha value is -4.13. The van der Waals surface area contributed by atoms with Crippen molar-refractivity contribution in [2.75, 3.05) is 29.0 Å². The van der Waals surface area contributed by atoms with Gasteiger partial charge < -0.3 is 21.3 Å². The minimum absolute atomic E-state index is 0.00990. The summed E-state index contributed by atoms with van der Waals surface area (Å²) in [6.07, 6.45) is 0. The average molecular weight is 431 g/mol. The number of anilines is 3. The van der Waals surface area contributed by atoms with Gasteiger partial charge >= 0.3 is 0 Å². The molecule has 0 aliphatic rings.